The Balaban J connectivity index is 0.00000205. The zero-order valence-electron chi connectivity index (χ0n) is 15.0. The lowest BCUT2D eigenvalue weighted by molar-refractivity contribution is -0.132. The number of benzene rings is 1. The minimum Gasteiger partial charge on any atom is -0.335 e. The predicted octanol–water partition coefficient (Wildman–Crippen LogP) is 3.41. The standard InChI is InChI=1S/C20H18F2N4O2.H2/c21-15-1-2-16-14(19(15)22)10-25(20(28)24-16)6-4-18(27)26-9-11-7-17(26)13-8-23-5-3-12(11)13;/h1-3,5,8,11,17H,4,6-7,9-10H2,(H,24,28);1H/t11?,17-;/m0./s1. The molecule has 1 saturated heterocycles. The van der Waals surface area contributed by atoms with Crippen LogP contribution in [0.5, 0.6) is 0 Å². The first kappa shape index (κ1) is 17.1. The van der Waals surface area contributed by atoms with Gasteiger partial charge in [-0.2, -0.15) is 0 Å². The van der Waals surface area contributed by atoms with Gasteiger partial charge in [0.2, 0.25) is 5.91 Å². The quantitative estimate of drug-likeness (QED) is 0.879. The molecule has 1 aromatic heterocycles. The molecule has 3 heterocycles. The molecule has 8 heteroatoms. The van der Waals surface area contributed by atoms with Gasteiger partial charge in [0.25, 0.3) is 0 Å². The fourth-order valence-electron chi connectivity index (χ4n) is 4.58. The second kappa shape index (κ2) is 6.25. The number of rotatable bonds is 3. The van der Waals surface area contributed by atoms with E-state index in [4.69, 9.17) is 0 Å². The van der Waals surface area contributed by atoms with Gasteiger partial charge in [-0.25, -0.2) is 13.6 Å². The van der Waals surface area contributed by atoms with E-state index in [0.717, 1.165) is 18.1 Å². The van der Waals surface area contributed by atoms with E-state index in [1.807, 2.05) is 17.2 Å². The summed E-state index contributed by atoms with van der Waals surface area (Å²) in [7, 11) is 0. The lowest BCUT2D eigenvalue weighted by atomic mass is 10.0. The highest BCUT2D eigenvalue weighted by atomic mass is 19.2. The van der Waals surface area contributed by atoms with Crippen LogP contribution in [-0.4, -0.2) is 39.8 Å². The van der Waals surface area contributed by atoms with Gasteiger partial charge in [-0.3, -0.25) is 9.78 Å². The van der Waals surface area contributed by atoms with Crippen LogP contribution in [0.4, 0.5) is 19.3 Å². The van der Waals surface area contributed by atoms with Crippen LogP contribution in [0.25, 0.3) is 0 Å². The van der Waals surface area contributed by atoms with Crippen LogP contribution in [0.3, 0.4) is 0 Å². The van der Waals surface area contributed by atoms with Crippen molar-refractivity contribution in [3.63, 3.8) is 0 Å². The van der Waals surface area contributed by atoms with Crippen LogP contribution < -0.4 is 5.32 Å². The minimum absolute atomic E-state index is 0. The lowest BCUT2D eigenvalue weighted by Gasteiger charge is -2.32. The molecular weight excluding hydrogens is 366 g/mol. The van der Waals surface area contributed by atoms with Gasteiger partial charge in [-0.15, -0.1) is 0 Å². The number of carbonyl (C=O) groups excluding carboxylic acids is 2. The summed E-state index contributed by atoms with van der Waals surface area (Å²) >= 11 is 0. The third kappa shape index (κ3) is 2.55. The maximum Gasteiger partial charge on any atom is 0.322 e. The van der Waals surface area contributed by atoms with Gasteiger partial charge < -0.3 is 15.1 Å². The van der Waals surface area contributed by atoms with Crippen LogP contribution in [0.2, 0.25) is 0 Å². The van der Waals surface area contributed by atoms with Gasteiger partial charge in [-0.05, 0) is 35.7 Å². The second-order valence-electron chi connectivity index (χ2n) is 7.49. The van der Waals surface area contributed by atoms with E-state index in [9.17, 15) is 18.4 Å². The first-order valence-electron chi connectivity index (χ1n) is 9.29. The largest absolute Gasteiger partial charge is 0.335 e. The van der Waals surface area contributed by atoms with E-state index in [0.29, 0.717) is 12.5 Å². The molecule has 6 nitrogen and oxygen atoms in total. The predicted molar refractivity (Wildman–Crippen MR) is 98.6 cm³/mol. The fourth-order valence-corrected chi connectivity index (χ4v) is 4.58. The number of carbonyl (C=O) groups is 2. The normalized spacial score (nSPS) is 22.1. The summed E-state index contributed by atoms with van der Waals surface area (Å²) < 4.78 is 27.5. The van der Waals surface area contributed by atoms with Gasteiger partial charge in [-0.1, -0.05) is 0 Å². The molecule has 0 saturated carbocycles. The van der Waals surface area contributed by atoms with E-state index >= 15 is 0 Å². The molecular formula is C20H20F2N4O2. The van der Waals surface area contributed by atoms with Crippen LogP contribution in [0.15, 0.2) is 30.6 Å². The van der Waals surface area contributed by atoms with E-state index in [-0.39, 0.29) is 44.1 Å². The van der Waals surface area contributed by atoms with Crippen LogP contribution in [0, 0.1) is 11.6 Å². The lowest BCUT2D eigenvalue weighted by Crippen LogP contribution is -2.42. The van der Waals surface area contributed by atoms with E-state index in [1.54, 1.807) is 6.20 Å². The third-order valence-corrected chi connectivity index (χ3v) is 5.98. The SMILES string of the molecule is O=C1Nc2ccc(F)c(F)c2CN1CCC(=O)N1CC2C[C@H]1c1cnccc12.[HH]. The molecule has 2 aromatic rings. The molecule has 2 atom stereocenters. The number of nitrogens with zero attached hydrogens (tertiary/aromatic N) is 3. The number of halogens is 2. The van der Waals surface area contributed by atoms with Crippen molar-refractivity contribution in [2.24, 2.45) is 0 Å². The zero-order valence-corrected chi connectivity index (χ0v) is 15.0. The third-order valence-electron chi connectivity index (χ3n) is 5.98. The van der Waals surface area contributed by atoms with Gasteiger partial charge in [0.05, 0.1) is 18.3 Å². The highest BCUT2D eigenvalue weighted by Gasteiger charge is 2.44. The number of amides is 3. The average molecular weight is 386 g/mol. The minimum atomic E-state index is -0.963. The summed E-state index contributed by atoms with van der Waals surface area (Å²) in [5, 5.41) is 2.56. The van der Waals surface area contributed by atoms with Gasteiger partial charge in [0.15, 0.2) is 11.6 Å². The van der Waals surface area contributed by atoms with Crippen LogP contribution in [0.1, 0.15) is 42.9 Å². The van der Waals surface area contributed by atoms with Crippen LogP contribution >= 0.6 is 0 Å². The first-order valence-corrected chi connectivity index (χ1v) is 9.29. The van der Waals surface area contributed by atoms with E-state index < -0.39 is 17.7 Å². The van der Waals surface area contributed by atoms with Crippen molar-refractivity contribution in [2.45, 2.75) is 31.3 Å². The molecule has 1 aliphatic carbocycles. The second-order valence-corrected chi connectivity index (χ2v) is 7.49. The fraction of sp³-hybridized carbons (Fsp3) is 0.350. The van der Waals surface area contributed by atoms with Crippen molar-refractivity contribution in [1.82, 2.24) is 14.8 Å². The Morgan fingerprint density at radius 3 is 3.00 bits per heavy atom. The maximum absolute atomic E-state index is 14.0. The Morgan fingerprint density at radius 1 is 1.29 bits per heavy atom. The van der Waals surface area contributed by atoms with Crippen LogP contribution in [-0.2, 0) is 11.3 Å². The van der Waals surface area contributed by atoms with Gasteiger partial charge in [0.1, 0.15) is 0 Å². The van der Waals surface area contributed by atoms with Crippen molar-refractivity contribution in [2.75, 3.05) is 18.4 Å². The Bertz CT molecular complexity index is 1000. The molecule has 1 aromatic carbocycles. The molecule has 146 valence electrons. The number of pyridine rings is 1. The molecule has 1 N–H and O–H groups in total. The number of urea groups is 1. The summed E-state index contributed by atoms with van der Waals surface area (Å²) in [5.74, 6) is -1.62. The molecule has 3 aliphatic rings. The van der Waals surface area contributed by atoms with Crippen molar-refractivity contribution >= 4 is 17.6 Å². The molecule has 0 radical (unpaired) electrons. The summed E-state index contributed by atoms with van der Waals surface area (Å²) in [5.41, 5.74) is 2.75. The highest BCUT2D eigenvalue weighted by molar-refractivity contribution is 5.92. The molecule has 2 bridgehead atoms. The topological polar surface area (TPSA) is 65.5 Å². The zero-order chi connectivity index (χ0) is 19.4. The summed E-state index contributed by atoms with van der Waals surface area (Å²) in [6, 6.07) is 3.99. The molecule has 1 unspecified atom stereocenters. The Labute approximate surface area is 161 Å². The summed E-state index contributed by atoms with van der Waals surface area (Å²) in [6.07, 6.45) is 4.65. The van der Waals surface area contributed by atoms with E-state index in [2.05, 4.69) is 10.3 Å². The number of nitrogens with one attached hydrogen (secondary N) is 1. The number of fused-ring (bicyclic) bond motifs is 6. The Morgan fingerprint density at radius 2 is 2.14 bits per heavy atom. The molecule has 28 heavy (non-hydrogen) atoms. The maximum atomic E-state index is 14.0. The van der Waals surface area contributed by atoms with Crippen molar-refractivity contribution < 1.29 is 19.8 Å². The number of hydrogen-bond donors (Lipinski definition) is 1. The van der Waals surface area contributed by atoms with Crippen molar-refractivity contribution in [3.8, 4) is 0 Å². The Hall–Kier alpha value is -3.03. The number of anilines is 1. The monoisotopic (exact) mass is 386 g/mol. The summed E-state index contributed by atoms with van der Waals surface area (Å²) in [6.45, 7) is 0.764. The average Bonchev–Trinajstić information content (AvgIpc) is 3.29. The molecule has 5 rings (SSSR count). The number of likely N-dealkylation sites (tertiary alicyclic amines) is 1. The van der Waals surface area contributed by atoms with Gasteiger partial charge in [0, 0.05) is 44.8 Å². The first-order chi connectivity index (χ1) is 13.5. The molecule has 3 amide bonds. The van der Waals surface area contributed by atoms with Gasteiger partial charge >= 0.3 is 6.03 Å². The number of aromatic nitrogens is 1. The molecule has 1 fully saturated rings. The number of hydrogen-bond acceptors (Lipinski definition) is 3. The highest BCUT2D eigenvalue weighted by Crippen LogP contribution is 2.49. The molecule has 0 spiro atoms. The Kier molecular flexibility index (Phi) is 3.82. The molecule has 2 aliphatic heterocycles. The van der Waals surface area contributed by atoms with Crippen molar-refractivity contribution in [3.05, 3.63) is 58.9 Å². The smallest absolute Gasteiger partial charge is 0.322 e. The summed E-state index contributed by atoms with van der Waals surface area (Å²) in [4.78, 5) is 32.4. The van der Waals surface area contributed by atoms with E-state index in [1.165, 1.54) is 16.5 Å². The van der Waals surface area contributed by atoms with Crippen molar-refractivity contribution in [1.29, 1.82) is 0 Å².